The highest BCUT2D eigenvalue weighted by molar-refractivity contribution is 9.10. The van der Waals surface area contributed by atoms with E-state index in [0.717, 1.165) is 42.3 Å². The number of rotatable bonds is 8. The van der Waals surface area contributed by atoms with Crippen LogP contribution in [0.3, 0.4) is 0 Å². The summed E-state index contributed by atoms with van der Waals surface area (Å²) < 4.78 is 24.6. The Kier molecular flexibility index (Phi) is 9.63. The summed E-state index contributed by atoms with van der Waals surface area (Å²) in [6.45, 7) is 0.669. The van der Waals surface area contributed by atoms with E-state index in [1.54, 1.807) is 23.1 Å². The van der Waals surface area contributed by atoms with Gasteiger partial charge in [0.25, 0.3) is 17.1 Å². The fraction of sp³-hybridized carbons (Fsp3) is 0.333. The Labute approximate surface area is 237 Å². The predicted molar refractivity (Wildman–Crippen MR) is 149 cm³/mol. The lowest BCUT2D eigenvalue weighted by Crippen LogP contribution is -2.42. The second-order valence-corrected chi connectivity index (χ2v) is 10.8. The van der Waals surface area contributed by atoms with Gasteiger partial charge in [0, 0.05) is 23.2 Å². The molecule has 39 heavy (non-hydrogen) atoms. The number of nitrogens with one attached hydrogen (secondary N) is 1. The number of nitrogens with zero attached hydrogens (tertiary/aromatic N) is 2. The molecule has 0 spiro atoms. The lowest BCUT2D eigenvalue weighted by atomic mass is 10.2. The second kappa shape index (κ2) is 13.1. The van der Waals surface area contributed by atoms with Gasteiger partial charge in [-0.05, 0) is 72.6 Å². The summed E-state index contributed by atoms with van der Waals surface area (Å²) >= 11 is 4.21. The number of hydrogen-bond acceptors (Lipinski definition) is 7. The molecule has 206 valence electrons. The Hall–Kier alpha value is -3.38. The summed E-state index contributed by atoms with van der Waals surface area (Å²) in [4.78, 5) is 53.4. The van der Waals surface area contributed by atoms with Crippen molar-refractivity contribution in [3.8, 4) is 11.5 Å². The molecule has 0 saturated carbocycles. The van der Waals surface area contributed by atoms with Crippen molar-refractivity contribution in [3.63, 3.8) is 0 Å². The summed E-state index contributed by atoms with van der Waals surface area (Å²) in [7, 11) is 1.43. The maximum absolute atomic E-state index is 13.1. The molecule has 2 aromatic rings. The van der Waals surface area contributed by atoms with Crippen LogP contribution in [-0.4, -0.2) is 66.1 Å². The zero-order chi connectivity index (χ0) is 27.9. The third-order valence-electron chi connectivity index (χ3n) is 6.18. The van der Waals surface area contributed by atoms with E-state index in [9.17, 15) is 23.6 Å². The summed E-state index contributed by atoms with van der Waals surface area (Å²) in [6.07, 6.45) is 5.52. The van der Waals surface area contributed by atoms with Crippen LogP contribution >= 0.6 is 27.7 Å². The number of methoxy groups -OCH3 is 1. The first-order valence-electron chi connectivity index (χ1n) is 12.3. The molecule has 0 bridgehead atoms. The molecule has 4 rings (SSSR count). The van der Waals surface area contributed by atoms with E-state index in [-0.39, 0.29) is 29.7 Å². The van der Waals surface area contributed by atoms with E-state index in [1.807, 2.05) is 0 Å². The van der Waals surface area contributed by atoms with Crippen molar-refractivity contribution in [2.24, 2.45) is 0 Å². The zero-order valence-electron chi connectivity index (χ0n) is 21.2. The van der Waals surface area contributed by atoms with E-state index in [0.29, 0.717) is 34.6 Å². The molecule has 2 saturated heterocycles. The van der Waals surface area contributed by atoms with Crippen molar-refractivity contribution in [3.05, 3.63) is 57.2 Å². The Morgan fingerprint density at radius 2 is 1.77 bits per heavy atom. The number of anilines is 1. The number of amides is 4. The van der Waals surface area contributed by atoms with Crippen LogP contribution < -0.4 is 14.8 Å². The van der Waals surface area contributed by atoms with Gasteiger partial charge in [0.2, 0.25) is 5.91 Å². The monoisotopic (exact) mass is 619 g/mol. The predicted octanol–water partition coefficient (Wildman–Crippen LogP) is 5.05. The minimum Gasteiger partial charge on any atom is -0.493 e. The fourth-order valence-corrected chi connectivity index (χ4v) is 5.41. The molecule has 12 heteroatoms. The molecular weight excluding hydrogens is 593 g/mol. The maximum Gasteiger partial charge on any atom is 0.294 e. The van der Waals surface area contributed by atoms with Gasteiger partial charge in [-0.2, -0.15) is 0 Å². The number of benzene rings is 2. The first kappa shape index (κ1) is 28.6. The zero-order valence-corrected chi connectivity index (χ0v) is 23.6. The molecule has 2 heterocycles. The third-order valence-corrected chi connectivity index (χ3v) is 7.78. The van der Waals surface area contributed by atoms with Crippen LogP contribution in [0.1, 0.15) is 31.2 Å². The number of imide groups is 1. The van der Waals surface area contributed by atoms with E-state index >= 15 is 0 Å². The lowest BCUT2D eigenvalue weighted by molar-refractivity contribution is -0.135. The first-order valence-corrected chi connectivity index (χ1v) is 13.9. The first-order chi connectivity index (χ1) is 18.7. The van der Waals surface area contributed by atoms with Gasteiger partial charge in [-0.25, -0.2) is 4.39 Å². The number of thioether (sulfide) groups is 1. The molecule has 0 aliphatic carbocycles. The number of carbonyl (C=O) groups is 4. The van der Waals surface area contributed by atoms with Crippen LogP contribution in [0.25, 0.3) is 6.08 Å². The molecule has 0 radical (unpaired) electrons. The molecule has 0 atom stereocenters. The molecular formula is C27H27BrFN3O6S. The summed E-state index contributed by atoms with van der Waals surface area (Å²) in [6, 6.07) is 8.53. The van der Waals surface area contributed by atoms with Gasteiger partial charge in [-0.1, -0.05) is 28.8 Å². The normalized spacial score (nSPS) is 16.8. The number of ether oxygens (including phenoxy) is 2. The van der Waals surface area contributed by atoms with Gasteiger partial charge in [-0.3, -0.25) is 24.1 Å². The highest BCUT2D eigenvalue weighted by Gasteiger charge is 2.37. The standard InChI is InChI=1S/C27H27BrFN3O6S/c1-37-21-12-17(20(28)14-22(21)38-16-24(33)30-19-8-6-18(29)7-9-19)13-23-26(35)32(27(36)39-23)15-25(34)31-10-4-2-3-5-11-31/h6-9,12-14H,2-5,10-11,15-16H2,1H3,(H,30,33). The molecule has 9 nitrogen and oxygen atoms in total. The summed E-state index contributed by atoms with van der Waals surface area (Å²) in [5.74, 6) is -1.05. The largest absolute Gasteiger partial charge is 0.493 e. The average molecular weight is 620 g/mol. The second-order valence-electron chi connectivity index (χ2n) is 8.93. The summed E-state index contributed by atoms with van der Waals surface area (Å²) in [5, 5.41) is 2.11. The van der Waals surface area contributed by atoms with Crippen molar-refractivity contribution >= 4 is 62.4 Å². The van der Waals surface area contributed by atoms with E-state index in [2.05, 4.69) is 21.2 Å². The Bertz CT molecular complexity index is 1300. The van der Waals surface area contributed by atoms with Crippen molar-refractivity contribution in [1.29, 1.82) is 0 Å². The van der Waals surface area contributed by atoms with Crippen LogP contribution in [0, 0.1) is 5.82 Å². The van der Waals surface area contributed by atoms with Gasteiger partial charge >= 0.3 is 0 Å². The molecule has 1 N–H and O–H groups in total. The number of hydrogen-bond donors (Lipinski definition) is 1. The minimum absolute atomic E-state index is 0.179. The van der Waals surface area contributed by atoms with Crippen LogP contribution in [0.2, 0.25) is 0 Å². The topological polar surface area (TPSA) is 105 Å². The number of carbonyl (C=O) groups excluding carboxylic acids is 4. The molecule has 2 aliphatic rings. The van der Waals surface area contributed by atoms with Crippen molar-refractivity contribution < 1.29 is 33.0 Å². The van der Waals surface area contributed by atoms with Crippen LogP contribution in [0.4, 0.5) is 14.9 Å². The molecule has 0 unspecified atom stereocenters. The highest BCUT2D eigenvalue weighted by atomic mass is 79.9. The number of halogens is 2. The van der Waals surface area contributed by atoms with Crippen LogP contribution in [0.5, 0.6) is 11.5 Å². The number of likely N-dealkylation sites (tertiary alicyclic amines) is 1. The minimum atomic E-state index is -0.531. The van der Waals surface area contributed by atoms with Crippen molar-refractivity contribution in [2.45, 2.75) is 25.7 Å². The molecule has 0 aromatic heterocycles. The fourth-order valence-electron chi connectivity index (χ4n) is 4.14. The van der Waals surface area contributed by atoms with Gasteiger partial charge in [0.1, 0.15) is 12.4 Å². The van der Waals surface area contributed by atoms with Crippen LogP contribution in [-0.2, 0) is 14.4 Å². The van der Waals surface area contributed by atoms with Gasteiger partial charge in [-0.15, -0.1) is 0 Å². The molecule has 2 aromatic carbocycles. The smallest absolute Gasteiger partial charge is 0.294 e. The van der Waals surface area contributed by atoms with Gasteiger partial charge in [0.05, 0.1) is 12.0 Å². The third kappa shape index (κ3) is 7.39. The maximum atomic E-state index is 13.1. The average Bonchev–Trinajstić information content (AvgIpc) is 3.10. The summed E-state index contributed by atoms with van der Waals surface area (Å²) in [5.41, 5.74) is 0.967. The van der Waals surface area contributed by atoms with E-state index in [1.165, 1.54) is 31.4 Å². The quantitative estimate of drug-likeness (QED) is 0.412. The van der Waals surface area contributed by atoms with E-state index < -0.39 is 22.9 Å². The SMILES string of the molecule is COc1cc(C=C2SC(=O)N(CC(=O)N3CCCCCC3)C2=O)c(Br)cc1OCC(=O)Nc1ccc(F)cc1. The van der Waals surface area contributed by atoms with Gasteiger partial charge in [0.15, 0.2) is 18.1 Å². The molecule has 2 aliphatic heterocycles. The highest BCUT2D eigenvalue weighted by Crippen LogP contribution is 2.38. The van der Waals surface area contributed by atoms with Crippen molar-refractivity contribution in [1.82, 2.24) is 9.80 Å². The van der Waals surface area contributed by atoms with Crippen LogP contribution in [0.15, 0.2) is 45.8 Å². The molecule has 2 fully saturated rings. The molecule has 4 amide bonds. The lowest BCUT2D eigenvalue weighted by Gasteiger charge is -2.22. The van der Waals surface area contributed by atoms with Crippen molar-refractivity contribution in [2.75, 3.05) is 38.7 Å². The Balaban J connectivity index is 1.42. The van der Waals surface area contributed by atoms with Gasteiger partial charge < -0.3 is 19.7 Å². The van der Waals surface area contributed by atoms with E-state index in [4.69, 9.17) is 9.47 Å². The Morgan fingerprint density at radius 3 is 2.44 bits per heavy atom. The Morgan fingerprint density at radius 1 is 1.08 bits per heavy atom.